The number of nitrogens with two attached hydrogens (primary N) is 3. The van der Waals surface area contributed by atoms with Crippen LogP contribution in [0.4, 0.5) is 0 Å². The molecule has 4 aromatic rings. The lowest BCUT2D eigenvalue weighted by Gasteiger charge is -2.32. The van der Waals surface area contributed by atoms with Gasteiger partial charge in [0.2, 0.25) is 11.8 Å². The molecule has 0 radical (unpaired) electrons. The summed E-state index contributed by atoms with van der Waals surface area (Å²) in [6.07, 6.45) is 3.92. The number of fused-ring (bicyclic) bond motifs is 5. The molecule has 16 nitrogen and oxygen atoms in total. The zero-order chi connectivity index (χ0) is 47.9. The molecule has 66 heavy (non-hydrogen) atoms. The SMILES string of the molecule is CCCCCCOc1ccc(-c2nc(C)c(C(=O)C[C@@H](CCN)C(=O)N(C)[C@@H]3C(=O)C[C@@H](C)C(=O)N[C@H](C(=O)O)Cc4ccc(OCCN)c(c4)-c4cc3ccc4OCCN)c(C)n2)cc1. The standard InChI is InChI=1S/C50H65N7O9/c1-6-7-8-9-22-64-37-14-11-34(12-15-37)47-54-31(3)45(32(4)55-47)41(58)29-36(18-19-51)49(61)57(5)46-35-13-17-44(66-24-21-53)39(28-35)38-26-33(10-16-43(38)65-23-20-52)27-40(50(62)63)56-48(60)30(2)25-42(46)59/h10-17,26,28,30,36,40,46H,6-9,18-25,27,29,51-53H2,1-5H3,(H,56,60)(H,62,63)/t30-,36-,40+,46+/m1/s1. The Morgan fingerprint density at radius 3 is 2.06 bits per heavy atom. The lowest BCUT2D eigenvalue weighted by atomic mass is 9.88. The number of carboxylic acid groups (broad SMARTS) is 1. The van der Waals surface area contributed by atoms with E-state index in [0.717, 1.165) is 30.6 Å². The number of aryl methyl sites for hydroxylation is 2. The Balaban J connectivity index is 1.50. The van der Waals surface area contributed by atoms with Crippen LogP contribution < -0.4 is 36.7 Å². The molecule has 3 aromatic carbocycles. The van der Waals surface area contributed by atoms with Crippen LogP contribution in [-0.2, 0) is 25.6 Å². The van der Waals surface area contributed by atoms with E-state index in [4.69, 9.17) is 41.4 Å². The highest BCUT2D eigenvalue weighted by molar-refractivity contribution is 6.01. The van der Waals surface area contributed by atoms with Crippen molar-refractivity contribution in [2.45, 2.75) is 91.1 Å². The molecule has 0 fully saturated rings. The third-order valence-electron chi connectivity index (χ3n) is 11.7. The summed E-state index contributed by atoms with van der Waals surface area (Å²) in [5, 5.41) is 12.8. The van der Waals surface area contributed by atoms with Crippen LogP contribution in [0, 0.1) is 25.7 Å². The van der Waals surface area contributed by atoms with Gasteiger partial charge in [-0.2, -0.15) is 0 Å². The minimum atomic E-state index is -1.32. The lowest BCUT2D eigenvalue weighted by molar-refractivity contribution is -0.144. The number of amides is 2. The van der Waals surface area contributed by atoms with Crippen molar-refractivity contribution >= 4 is 29.4 Å². The number of ketones is 2. The van der Waals surface area contributed by atoms with Crippen LogP contribution in [0.3, 0.4) is 0 Å². The van der Waals surface area contributed by atoms with Crippen LogP contribution in [0.5, 0.6) is 17.2 Å². The van der Waals surface area contributed by atoms with E-state index in [1.165, 1.54) is 25.3 Å². The van der Waals surface area contributed by atoms with Crippen LogP contribution in [-0.4, -0.2) is 102 Å². The minimum Gasteiger partial charge on any atom is -0.494 e. The number of ether oxygens (including phenoxy) is 3. The van der Waals surface area contributed by atoms with Crippen molar-refractivity contribution in [3.8, 4) is 39.8 Å². The maximum Gasteiger partial charge on any atom is 0.326 e. The van der Waals surface area contributed by atoms with Crippen LogP contribution in [0.2, 0.25) is 0 Å². The molecule has 0 aliphatic carbocycles. The first-order valence-corrected chi connectivity index (χ1v) is 22.8. The number of carboxylic acids is 1. The number of likely N-dealkylation sites (N-methyl/N-ethyl adjacent to an activating group) is 1. The third-order valence-corrected chi connectivity index (χ3v) is 11.7. The maximum atomic E-state index is 14.8. The summed E-state index contributed by atoms with van der Waals surface area (Å²) < 4.78 is 18.0. The van der Waals surface area contributed by atoms with Gasteiger partial charge < -0.3 is 46.7 Å². The molecule has 354 valence electrons. The number of Topliss-reactive ketones (excluding diaryl/α,β-unsaturated/α-hetero) is 2. The van der Waals surface area contributed by atoms with E-state index in [2.05, 4.69) is 12.2 Å². The molecule has 0 spiro atoms. The van der Waals surface area contributed by atoms with Crippen molar-refractivity contribution in [2.24, 2.45) is 29.0 Å². The summed E-state index contributed by atoms with van der Waals surface area (Å²) in [5.41, 5.74) is 21.6. The Hall–Kier alpha value is -6.23. The predicted octanol–water partition coefficient (Wildman–Crippen LogP) is 5.52. The van der Waals surface area contributed by atoms with Crippen LogP contribution in [0.25, 0.3) is 22.5 Å². The van der Waals surface area contributed by atoms with Gasteiger partial charge in [0.15, 0.2) is 17.4 Å². The zero-order valence-corrected chi connectivity index (χ0v) is 38.8. The molecular weight excluding hydrogens is 843 g/mol. The number of nitrogens with one attached hydrogen (secondary N) is 1. The lowest BCUT2D eigenvalue weighted by Crippen LogP contribution is -2.45. The number of rotatable bonds is 21. The van der Waals surface area contributed by atoms with Crippen molar-refractivity contribution in [3.63, 3.8) is 0 Å². The number of aliphatic carboxylic acids is 1. The van der Waals surface area contributed by atoms with E-state index in [1.807, 2.05) is 24.3 Å². The quantitative estimate of drug-likeness (QED) is 0.0510. The first-order chi connectivity index (χ1) is 31.7. The Morgan fingerprint density at radius 1 is 0.818 bits per heavy atom. The number of aromatic nitrogens is 2. The molecule has 0 unspecified atom stereocenters. The molecule has 0 saturated carbocycles. The van der Waals surface area contributed by atoms with Crippen molar-refractivity contribution in [3.05, 3.63) is 88.7 Å². The number of hydrogen-bond donors (Lipinski definition) is 5. The van der Waals surface area contributed by atoms with Gasteiger partial charge in [-0.05, 0) is 92.9 Å². The molecule has 2 amide bonds. The fourth-order valence-corrected chi connectivity index (χ4v) is 8.24. The Bertz CT molecular complexity index is 2310. The van der Waals surface area contributed by atoms with Gasteiger partial charge >= 0.3 is 5.97 Å². The van der Waals surface area contributed by atoms with Gasteiger partial charge in [0.1, 0.15) is 42.5 Å². The second-order valence-corrected chi connectivity index (χ2v) is 16.8. The fraction of sp³-hybridized carbons (Fsp3) is 0.460. The average Bonchev–Trinajstić information content (AvgIpc) is 3.29. The van der Waals surface area contributed by atoms with E-state index in [-0.39, 0.29) is 64.3 Å². The first kappa shape index (κ1) is 50.8. The van der Waals surface area contributed by atoms with Gasteiger partial charge in [0.25, 0.3) is 0 Å². The van der Waals surface area contributed by atoms with Gasteiger partial charge in [-0.3, -0.25) is 19.2 Å². The van der Waals surface area contributed by atoms with Crippen LogP contribution in [0.15, 0.2) is 60.7 Å². The van der Waals surface area contributed by atoms with Gasteiger partial charge in [-0.1, -0.05) is 45.2 Å². The number of carbonyl (C=O) groups excluding carboxylic acids is 4. The second-order valence-electron chi connectivity index (χ2n) is 16.8. The summed E-state index contributed by atoms with van der Waals surface area (Å²) in [4.78, 5) is 80.3. The predicted molar refractivity (Wildman–Crippen MR) is 251 cm³/mol. The molecule has 4 atom stereocenters. The summed E-state index contributed by atoms with van der Waals surface area (Å²) in [7, 11) is 1.49. The molecule has 1 aromatic heterocycles. The highest BCUT2D eigenvalue weighted by Gasteiger charge is 2.36. The largest absolute Gasteiger partial charge is 0.494 e. The van der Waals surface area contributed by atoms with Crippen molar-refractivity contribution in [1.29, 1.82) is 0 Å². The maximum absolute atomic E-state index is 14.8. The van der Waals surface area contributed by atoms with Crippen LogP contribution in [0.1, 0.15) is 97.7 Å². The molecule has 0 saturated heterocycles. The fourth-order valence-electron chi connectivity index (χ4n) is 8.24. The zero-order valence-electron chi connectivity index (χ0n) is 38.8. The second kappa shape index (κ2) is 24.3. The van der Waals surface area contributed by atoms with E-state index in [0.29, 0.717) is 63.1 Å². The van der Waals surface area contributed by atoms with E-state index < -0.39 is 47.5 Å². The van der Waals surface area contributed by atoms with Gasteiger partial charge in [0, 0.05) is 67.9 Å². The first-order valence-electron chi connectivity index (χ1n) is 22.8. The molecule has 8 N–H and O–H groups in total. The molecule has 5 rings (SSSR count). The van der Waals surface area contributed by atoms with Crippen LogP contribution >= 0.6 is 0 Å². The van der Waals surface area contributed by atoms with E-state index in [9.17, 15) is 29.1 Å². The number of hydrogen-bond acceptors (Lipinski definition) is 13. The van der Waals surface area contributed by atoms with Crippen molar-refractivity contribution in [2.75, 3.05) is 46.5 Å². The summed E-state index contributed by atoms with van der Waals surface area (Å²) in [5.74, 6) is -3.18. The highest BCUT2D eigenvalue weighted by Crippen LogP contribution is 2.41. The van der Waals surface area contributed by atoms with E-state index >= 15 is 0 Å². The summed E-state index contributed by atoms with van der Waals surface area (Å²) in [6.45, 7) is 8.60. The Morgan fingerprint density at radius 2 is 1.45 bits per heavy atom. The molecule has 16 heteroatoms. The Labute approximate surface area is 387 Å². The van der Waals surface area contributed by atoms with Gasteiger partial charge in [0.05, 0.1) is 23.6 Å². The highest BCUT2D eigenvalue weighted by atomic mass is 16.5. The molecular formula is C50H65N7O9. The number of unbranched alkanes of at least 4 members (excludes halogenated alkanes) is 3. The minimum absolute atomic E-state index is 0.0655. The van der Waals surface area contributed by atoms with E-state index in [1.54, 1.807) is 50.2 Å². The third kappa shape index (κ3) is 13.0. The monoisotopic (exact) mass is 907 g/mol. The topological polar surface area (TPSA) is 252 Å². The summed E-state index contributed by atoms with van der Waals surface area (Å²) >= 11 is 0. The van der Waals surface area contributed by atoms with Gasteiger partial charge in [-0.25, -0.2) is 14.8 Å². The molecule has 2 heterocycles. The molecule has 1 aliphatic heterocycles. The van der Waals surface area contributed by atoms with Crippen molar-refractivity contribution in [1.82, 2.24) is 20.2 Å². The van der Waals surface area contributed by atoms with Crippen molar-refractivity contribution < 1.29 is 43.3 Å². The number of nitrogens with zero attached hydrogens (tertiary/aromatic N) is 3. The van der Waals surface area contributed by atoms with Gasteiger partial charge in [-0.15, -0.1) is 0 Å². The number of benzene rings is 3. The molecule has 4 bridgehead atoms. The number of carbonyl (C=O) groups is 5. The molecule has 1 aliphatic rings. The summed E-state index contributed by atoms with van der Waals surface area (Å²) in [6, 6.07) is 15.1. The smallest absolute Gasteiger partial charge is 0.326 e. The average molecular weight is 908 g/mol. The Kier molecular flexibility index (Phi) is 18.7. The normalized spacial score (nSPS) is 16.7.